The molecule has 152 valence electrons. The highest BCUT2D eigenvalue weighted by molar-refractivity contribution is 7.99. The first-order valence-electron chi connectivity index (χ1n) is 10.1. The molecule has 2 N–H and O–H groups in total. The number of benzene rings is 1. The van der Waals surface area contributed by atoms with Crippen LogP contribution in [0.4, 0.5) is 0 Å². The van der Waals surface area contributed by atoms with E-state index >= 15 is 0 Å². The maximum Gasteiger partial charge on any atom is 0.265 e. The largest absolute Gasteiger partial charge is 0.493 e. The van der Waals surface area contributed by atoms with Crippen LogP contribution in [0.3, 0.4) is 0 Å². The fraction of sp³-hybridized carbons (Fsp3) is 0.524. The lowest BCUT2D eigenvalue weighted by Gasteiger charge is -2.23. The normalized spacial score (nSPS) is 15.0. The van der Waals surface area contributed by atoms with Gasteiger partial charge in [0.15, 0.2) is 5.16 Å². The Bertz CT molecular complexity index is 805. The summed E-state index contributed by atoms with van der Waals surface area (Å²) in [5.74, 6) is 0.720. The molecule has 1 fully saturated rings. The number of aromatic hydroxyl groups is 1. The minimum Gasteiger partial charge on any atom is -0.493 e. The quantitative estimate of drug-likeness (QED) is 0.378. The number of ether oxygens (including phenoxy) is 1. The Balaban J connectivity index is 1.84. The zero-order chi connectivity index (χ0) is 19.8. The number of morpholine rings is 1. The fourth-order valence-electron chi connectivity index (χ4n) is 3.39. The van der Waals surface area contributed by atoms with Gasteiger partial charge in [-0.1, -0.05) is 49.7 Å². The molecular formula is C21H30N3O3S+. The van der Waals surface area contributed by atoms with E-state index in [0.29, 0.717) is 17.1 Å². The van der Waals surface area contributed by atoms with Gasteiger partial charge in [-0.15, -0.1) is 0 Å². The molecule has 0 unspecified atom stereocenters. The molecular weight excluding hydrogens is 374 g/mol. The predicted molar refractivity (Wildman–Crippen MR) is 112 cm³/mol. The van der Waals surface area contributed by atoms with E-state index in [2.05, 4.69) is 11.9 Å². The van der Waals surface area contributed by atoms with E-state index in [4.69, 9.17) is 4.74 Å². The Morgan fingerprint density at radius 2 is 1.96 bits per heavy atom. The van der Waals surface area contributed by atoms with E-state index in [9.17, 15) is 9.90 Å². The number of hydrogen-bond donors (Lipinski definition) is 2. The third-order valence-corrected chi connectivity index (χ3v) is 6.00. The number of para-hydroxylation sites is 1. The highest BCUT2D eigenvalue weighted by Gasteiger charge is 2.19. The van der Waals surface area contributed by atoms with Gasteiger partial charge in [0, 0.05) is 0 Å². The average Bonchev–Trinajstić information content (AvgIpc) is 2.72. The Labute approximate surface area is 170 Å². The van der Waals surface area contributed by atoms with Crippen LogP contribution in [0.15, 0.2) is 40.3 Å². The van der Waals surface area contributed by atoms with Crippen LogP contribution in [0, 0.1) is 0 Å². The van der Waals surface area contributed by atoms with Gasteiger partial charge in [-0.05, 0) is 25.0 Å². The van der Waals surface area contributed by atoms with Crippen LogP contribution >= 0.6 is 11.8 Å². The molecule has 1 aliphatic heterocycles. The first kappa shape index (κ1) is 20.9. The van der Waals surface area contributed by atoms with Crippen molar-refractivity contribution in [1.29, 1.82) is 0 Å². The van der Waals surface area contributed by atoms with Gasteiger partial charge >= 0.3 is 0 Å². The van der Waals surface area contributed by atoms with Gasteiger partial charge in [0.1, 0.15) is 13.1 Å². The van der Waals surface area contributed by atoms with Crippen molar-refractivity contribution in [2.24, 2.45) is 0 Å². The van der Waals surface area contributed by atoms with Crippen molar-refractivity contribution in [3.8, 4) is 11.6 Å². The van der Waals surface area contributed by atoms with Crippen molar-refractivity contribution in [3.63, 3.8) is 0 Å². The number of nitrogens with one attached hydrogen (secondary N) is 1. The SMILES string of the molecule is CCCCCc1c(O)nc(SCC[NH+]2CCOCC2)n(-c2ccccc2)c1=O. The highest BCUT2D eigenvalue weighted by Crippen LogP contribution is 2.23. The third-order valence-electron chi connectivity index (χ3n) is 5.06. The summed E-state index contributed by atoms with van der Waals surface area (Å²) in [6, 6.07) is 9.58. The summed E-state index contributed by atoms with van der Waals surface area (Å²) in [4.78, 5) is 19.1. The Morgan fingerprint density at radius 3 is 2.68 bits per heavy atom. The van der Waals surface area contributed by atoms with Crippen LogP contribution < -0.4 is 10.5 Å². The number of unbranched alkanes of at least 4 members (excludes halogenated alkanes) is 2. The van der Waals surface area contributed by atoms with Crippen molar-refractivity contribution in [1.82, 2.24) is 9.55 Å². The molecule has 3 rings (SSSR count). The average molecular weight is 405 g/mol. The molecule has 1 aromatic carbocycles. The fourth-order valence-corrected chi connectivity index (χ4v) is 4.44. The Hall–Kier alpha value is -1.83. The first-order chi connectivity index (χ1) is 13.7. The molecule has 0 saturated carbocycles. The van der Waals surface area contributed by atoms with Gasteiger partial charge in [-0.25, -0.2) is 0 Å². The number of thioether (sulfide) groups is 1. The molecule has 7 heteroatoms. The molecule has 1 aliphatic rings. The molecule has 0 amide bonds. The van der Waals surface area contributed by atoms with Gasteiger partial charge in [0.2, 0.25) is 5.88 Å². The second-order valence-corrected chi connectivity index (χ2v) is 8.15. The van der Waals surface area contributed by atoms with Gasteiger partial charge in [0.25, 0.3) is 5.56 Å². The zero-order valence-corrected chi connectivity index (χ0v) is 17.3. The molecule has 2 heterocycles. The minimum absolute atomic E-state index is 0.116. The minimum atomic E-state index is -0.156. The highest BCUT2D eigenvalue weighted by atomic mass is 32.2. The summed E-state index contributed by atoms with van der Waals surface area (Å²) in [6.45, 7) is 6.75. The maximum atomic E-state index is 13.2. The second-order valence-electron chi connectivity index (χ2n) is 7.09. The van der Waals surface area contributed by atoms with Crippen molar-refractivity contribution >= 4 is 11.8 Å². The molecule has 0 aliphatic carbocycles. The number of nitrogens with zero attached hydrogens (tertiary/aromatic N) is 2. The summed E-state index contributed by atoms with van der Waals surface area (Å²) < 4.78 is 7.06. The van der Waals surface area contributed by atoms with Crippen LogP contribution in [0.2, 0.25) is 0 Å². The van der Waals surface area contributed by atoms with E-state index in [1.807, 2.05) is 30.3 Å². The first-order valence-corrected chi connectivity index (χ1v) is 11.1. The summed E-state index contributed by atoms with van der Waals surface area (Å²) in [6.07, 6.45) is 3.53. The van der Waals surface area contributed by atoms with E-state index in [1.165, 1.54) is 16.7 Å². The van der Waals surface area contributed by atoms with Crippen LogP contribution in [0.25, 0.3) is 5.69 Å². The van der Waals surface area contributed by atoms with E-state index in [-0.39, 0.29) is 11.4 Å². The zero-order valence-electron chi connectivity index (χ0n) is 16.5. The van der Waals surface area contributed by atoms with Gasteiger partial charge in [-0.3, -0.25) is 9.36 Å². The Kier molecular flexibility index (Phi) is 7.94. The summed E-state index contributed by atoms with van der Waals surface area (Å²) in [7, 11) is 0. The molecule has 2 aromatic rings. The lowest BCUT2D eigenvalue weighted by Crippen LogP contribution is -3.14. The van der Waals surface area contributed by atoms with Crippen molar-refractivity contribution in [3.05, 3.63) is 46.2 Å². The molecule has 0 radical (unpaired) electrons. The number of quaternary nitrogens is 1. The number of hydrogen-bond acceptors (Lipinski definition) is 5. The maximum absolute atomic E-state index is 13.2. The number of rotatable bonds is 9. The molecule has 0 atom stereocenters. The van der Waals surface area contributed by atoms with Crippen LogP contribution in [-0.4, -0.2) is 53.3 Å². The van der Waals surface area contributed by atoms with E-state index in [0.717, 1.165) is 63.6 Å². The molecule has 1 aromatic heterocycles. The Morgan fingerprint density at radius 1 is 1.21 bits per heavy atom. The van der Waals surface area contributed by atoms with Crippen LogP contribution in [0.5, 0.6) is 5.88 Å². The van der Waals surface area contributed by atoms with Crippen molar-refractivity contribution < 1.29 is 14.7 Å². The summed E-state index contributed by atoms with van der Waals surface area (Å²) in [5, 5.41) is 11.0. The van der Waals surface area contributed by atoms with Crippen LogP contribution in [-0.2, 0) is 11.2 Å². The van der Waals surface area contributed by atoms with Gasteiger partial charge in [0.05, 0.1) is 36.8 Å². The third kappa shape index (κ3) is 5.37. The van der Waals surface area contributed by atoms with Crippen molar-refractivity contribution in [2.75, 3.05) is 38.6 Å². The van der Waals surface area contributed by atoms with E-state index < -0.39 is 0 Å². The second kappa shape index (κ2) is 10.6. The molecule has 0 spiro atoms. The predicted octanol–water partition coefficient (Wildman–Crippen LogP) is 1.68. The van der Waals surface area contributed by atoms with E-state index in [1.54, 1.807) is 4.57 Å². The lowest BCUT2D eigenvalue weighted by molar-refractivity contribution is -0.905. The lowest BCUT2D eigenvalue weighted by atomic mass is 10.1. The van der Waals surface area contributed by atoms with Crippen LogP contribution in [0.1, 0.15) is 31.7 Å². The van der Waals surface area contributed by atoms with Crippen molar-refractivity contribution in [2.45, 2.75) is 37.8 Å². The molecule has 6 nitrogen and oxygen atoms in total. The number of aromatic nitrogens is 2. The molecule has 28 heavy (non-hydrogen) atoms. The summed E-state index contributed by atoms with van der Waals surface area (Å²) >= 11 is 1.53. The monoisotopic (exact) mass is 404 g/mol. The van der Waals surface area contributed by atoms with Gasteiger partial charge in [-0.2, -0.15) is 4.98 Å². The molecule has 0 bridgehead atoms. The summed E-state index contributed by atoms with van der Waals surface area (Å²) in [5.41, 5.74) is 1.05. The molecule has 1 saturated heterocycles. The topological polar surface area (TPSA) is 68.8 Å². The standard InChI is InChI=1S/C21H29N3O3S/c1-2-3-5-10-18-19(25)22-21(28-16-13-23-11-14-27-15-12-23)24(20(18)26)17-8-6-4-7-9-17/h4,6-9,25H,2-3,5,10-16H2,1H3/p+1. The van der Waals surface area contributed by atoms with Gasteiger partial charge < -0.3 is 14.7 Å². The smallest absolute Gasteiger partial charge is 0.265 e.